The van der Waals surface area contributed by atoms with Crippen LogP contribution in [0.2, 0.25) is 0 Å². The number of hydrogen-bond acceptors (Lipinski definition) is 5. The lowest BCUT2D eigenvalue weighted by atomic mass is 10.2. The lowest BCUT2D eigenvalue weighted by Gasteiger charge is -2.26. The summed E-state index contributed by atoms with van der Waals surface area (Å²) in [4.78, 5) is 12.5. The van der Waals surface area contributed by atoms with Crippen LogP contribution in [-0.4, -0.2) is 51.0 Å². The quantitative estimate of drug-likeness (QED) is 0.675. The second-order valence-electron chi connectivity index (χ2n) is 7.96. The van der Waals surface area contributed by atoms with Gasteiger partial charge >= 0.3 is 0 Å². The summed E-state index contributed by atoms with van der Waals surface area (Å²) in [6, 6.07) is 14.1. The van der Waals surface area contributed by atoms with Crippen LogP contribution in [0, 0.1) is 0 Å². The van der Waals surface area contributed by atoms with Gasteiger partial charge in [-0.05, 0) is 48.7 Å². The van der Waals surface area contributed by atoms with Crippen molar-refractivity contribution in [3.05, 3.63) is 60.2 Å². The van der Waals surface area contributed by atoms with Gasteiger partial charge in [0.05, 0.1) is 11.4 Å². The van der Waals surface area contributed by atoms with Crippen molar-refractivity contribution in [2.75, 3.05) is 26.2 Å². The number of hydrogen-bond donors (Lipinski definition) is 1. The second kappa shape index (κ2) is 10.2. The molecule has 0 saturated carbocycles. The highest BCUT2D eigenvalue weighted by atomic mass is 32.2. The Labute approximate surface area is 189 Å². The molecular formula is C24H28N2O5S. The fourth-order valence-electron chi connectivity index (χ4n) is 3.79. The Balaban J connectivity index is 1.29. The Hall–Kier alpha value is -2.84. The summed E-state index contributed by atoms with van der Waals surface area (Å²) in [6.07, 6.45) is 6.78. The second-order valence-corrected chi connectivity index (χ2v) is 9.90. The summed E-state index contributed by atoms with van der Waals surface area (Å²) in [7, 11) is -3.47. The number of carbonyl (C=O) groups excluding carboxylic acids is 1. The average Bonchev–Trinajstić information content (AvgIpc) is 3.12. The zero-order valence-electron chi connectivity index (χ0n) is 17.9. The number of nitrogens with zero attached hydrogens (tertiary/aromatic N) is 1. The molecule has 2 aromatic carbocycles. The maximum Gasteiger partial charge on any atom is 0.244 e. The summed E-state index contributed by atoms with van der Waals surface area (Å²) in [6.45, 7) is 1.84. The molecule has 32 heavy (non-hydrogen) atoms. The molecule has 2 aliphatic heterocycles. The number of rotatable bonds is 6. The minimum absolute atomic E-state index is 0.256. The number of para-hydroxylation sites is 2. The van der Waals surface area contributed by atoms with Gasteiger partial charge in [-0.25, -0.2) is 8.42 Å². The molecule has 0 aromatic heterocycles. The van der Waals surface area contributed by atoms with Crippen molar-refractivity contribution in [3.8, 4) is 11.5 Å². The Morgan fingerprint density at radius 3 is 2.41 bits per heavy atom. The van der Waals surface area contributed by atoms with Gasteiger partial charge < -0.3 is 14.8 Å². The number of benzene rings is 2. The highest BCUT2D eigenvalue weighted by Crippen LogP contribution is 2.30. The molecule has 1 unspecified atom stereocenters. The SMILES string of the molecule is O=C(C=Cc1ccc(S(=O)(=O)N2CCCCCC2)cc1)NCC1COc2ccccc2O1. The van der Waals surface area contributed by atoms with Crippen LogP contribution >= 0.6 is 0 Å². The third-order valence-electron chi connectivity index (χ3n) is 5.58. The van der Waals surface area contributed by atoms with E-state index >= 15 is 0 Å². The number of ether oxygens (including phenoxy) is 2. The molecule has 1 atom stereocenters. The molecule has 8 heteroatoms. The number of sulfonamides is 1. The molecule has 0 spiro atoms. The first-order valence-corrected chi connectivity index (χ1v) is 12.4. The van der Waals surface area contributed by atoms with Gasteiger partial charge in [-0.3, -0.25) is 4.79 Å². The fraction of sp³-hybridized carbons (Fsp3) is 0.375. The molecule has 170 valence electrons. The van der Waals surface area contributed by atoms with E-state index in [2.05, 4.69) is 5.32 Å². The van der Waals surface area contributed by atoms with Crippen molar-refractivity contribution < 1.29 is 22.7 Å². The van der Waals surface area contributed by atoms with E-state index in [0.717, 1.165) is 31.2 Å². The van der Waals surface area contributed by atoms with Crippen LogP contribution in [-0.2, 0) is 14.8 Å². The topological polar surface area (TPSA) is 84.9 Å². The van der Waals surface area contributed by atoms with E-state index in [4.69, 9.17) is 9.47 Å². The van der Waals surface area contributed by atoms with Crippen LogP contribution in [0.3, 0.4) is 0 Å². The van der Waals surface area contributed by atoms with E-state index in [0.29, 0.717) is 37.7 Å². The van der Waals surface area contributed by atoms with Gasteiger partial charge in [-0.1, -0.05) is 37.1 Å². The number of carbonyl (C=O) groups is 1. The smallest absolute Gasteiger partial charge is 0.244 e. The fourth-order valence-corrected chi connectivity index (χ4v) is 5.31. The van der Waals surface area contributed by atoms with Gasteiger partial charge in [-0.15, -0.1) is 0 Å². The molecule has 0 bridgehead atoms. The van der Waals surface area contributed by atoms with Crippen molar-refractivity contribution in [2.24, 2.45) is 0 Å². The molecule has 2 aromatic rings. The first-order valence-electron chi connectivity index (χ1n) is 11.0. The summed E-state index contributed by atoms with van der Waals surface area (Å²) in [5.41, 5.74) is 0.751. The van der Waals surface area contributed by atoms with Crippen LogP contribution in [0.5, 0.6) is 11.5 Å². The molecule has 0 radical (unpaired) electrons. The van der Waals surface area contributed by atoms with Crippen LogP contribution in [0.15, 0.2) is 59.5 Å². The predicted octanol–water partition coefficient (Wildman–Crippen LogP) is 3.22. The first kappa shape index (κ1) is 22.4. The summed E-state index contributed by atoms with van der Waals surface area (Å²) >= 11 is 0. The number of fused-ring (bicyclic) bond motifs is 1. The largest absolute Gasteiger partial charge is 0.486 e. The molecule has 1 saturated heterocycles. The van der Waals surface area contributed by atoms with Crippen molar-refractivity contribution in [3.63, 3.8) is 0 Å². The highest BCUT2D eigenvalue weighted by molar-refractivity contribution is 7.89. The van der Waals surface area contributed by atoms with E-state index in [1.165, 1.54) is 6.08 Å². The third-order valence-corrected chi connectivity index (χ3v) is 7.49. The summed E-state index contributed by atoms with van der Waals surface area (Å²) in [5.74, 6) is 1.12. The minimum Gasteiger partial charge on any atom is -0.486 e. The lowest BCUT2D eigenvalue weighted by Crippen LogP contribution is -2.40. The van der Waals surface area contributed by atoms with E-state index in [-0.39, 0.29) is 16.9 Å². The highest BCUT2D eigenvalue weighted by Gasteiger charge is 2.25. The summed E-state index contributed by atoms with van der Waals surface area (Å²) in [5, 5.41) is 2.80. The van der Waals surface area contributed by atoms with Crippen LogP contribution in [0.4, 0.5) is 0 Å². The van der Waals surface area contributed by atoms with Gasteiger partial charge in [0.2, 0.25) is 15.9 Å². The lowest BCUT2D eigenvalue weighted by molar-refractivity contribution is -0.116. The molecule has 1 fully saturated rings. The van der Waals surface area contributed by atoms with Gasteiger partial charge in [0, 0.05) is 19.2 Å². The molecular weight excluding hydrogens is 428 g/mol. The maximum absolute atomic E-state index is 12.9. The zero-order valence-corrected chi connectivity index (χ0v) is 18.7. The van der Waals surface area contributed by atoms with Gasteiger partial charge in [0.15, 0.2) is 11.5 Å². The zero-order chi connectivity index (χ0) is 22.4. The molecule has 4 rings (SSSR count). The molecule has 0 aliphatic carbocycles. The van der Waals surface area contributed by atoms with Crippen molar-refractivity contribution in [1.29, 1.82) is 0 Å². The molecule has 2 aliphatic rings. The third kappa shape index (κ3) is 5.49. The monoisotopic (exact) mass is 456 g/mol. The number of amides is 1. The minimum atomic E-state index is -3.47. The predicted molar refractivity (Wildman–Crippen MR) is 122 cm³/mol. The Morgan fingerprint density at radius 2 is 1.69 bits per heavy atom. The standard InChI is InChI=1S/C24H28N2O5S/c27-24(25-17-20-18-30-22-7-3-4-8-23(22)31-20)14-11-19-9-12-21(13-10-19)32(28,29)26-15-5-1-2-6-16-26/h3-4,7-14,20H,1-2,5-6,15-18H2,(H,25,27). The van der Waals surface area contributed by atoms with E-state index < -0.39 is 10.0 Å². The Kier molecular flexibility index (Phi) is 7.12. The van der Waals surface area contributed by atoms with E-state index in [1.807, 2.05) is 24.3 Å². The maximum atomic E-state index is 12.9. The van der Waals surface area contributed by atoms with Crippen LogP contribution in [0.25, 0.3) is 6.08 Å². The van der Waals surface area contributed by atoms with E-state index in [9.17, 15) is 13.2 Å². The normalized spacial score (nSPS) is 19.4. The average molecular weight is 457 g/mol. The van der Waals surface area contributed by atoms with Gasteiger partial charge in [0.1, 0.15) is 12.7 Å². The summed E-state index contributed by atoms with van der Waals surface area (Å²) < 4.78 is 38.7. The van der Waals surface area contributed by atoms with E-state index in [1.54, 1.807) is 34.6 Å². The molecule has 2 heterocycles. The first-order chi connectivity index (χ1) is 15.5. The van der Waals surface area contributed by atoms with Crippen molar-refractivity contribution in [2.45, 2.75) is 36.7 Å². The van der Waals surface area contributed by atoms with Crippen molar-refractivity contribution >= 4 is 22.0 Å². The van der Waals surface area contributed by atoms with Gasteiger partial charge in [-0.2, -0.15) is 4.31 Å². The number of nitrogens with one attached hydrogen (secondary N) is 1. The molecule has 7 nitrogen and oxygen atoms in total. The van der Waals surface area contributed by atoms with Gasteiger partial charge in [0.25, 0.3) is 0 Å². The Bertz CT molecular complexity index is 1060. The molecule has 1 N–H and O–H groups in total. The van der Waals surface area contributed by atoms with Crippen LogP contribution in [0.1, 0.15) is 31.2 Å². The molecule has 1 amide bonds. The Morgan fingerprint density at radius 1 is 1.00 bits per heavy atom. The van der Waals surface area contributed by atoms with Crippen molar-refractivity contribution in [1.82, 2.24) is 9.62 Å². The van der Waals surface area contributed by atoms with Crippen LogP contribution < -0.4 is 14.8 Å².